The van der Waals surface area contributed by atoms with Crippen LogP contribution >= 0.6 is 0 Å². The number of hydrogen-bond acceptors (Lipinski definition) is 2. The maximum Gasteiger partial charge on any atom is 0.328 e. The fourth-order valence-electron chi connectivity index (χ4n) is 1.70. The monoisotopic (exact) mass is 220 g/mol. The number of aryl methyl sites for hydroxylation is 1. The molecule has 2 N–H and O–H groups in total. The van der Waals surface area contributed by atoms with Crippen molar-refractivity contribution >= 4 is 11.5 Å². The Morgan fingerprint density at radius 2 is 2.12 bits per heavy atom. The van der Waals surface area contributed by atoms with Gasteiger partial charge in [0.05, 0.1) is 6.61 Å². The van der Waals surface area contributed by atoms with Crippen LogP contribution in [0.5, 0.6) is 0 Å². The van der Waals surface area contributed by atoms with Crippen molar-refractivity contribution in [1.29, 1.82) is 0 Å². The first-order chi connectivity index (χ1) is 7.58. The van der Waals surface area contributed by atoms with E-state index in [0.29, 0.717) is 6.42 Å². The van der Waals surface area contributed by atoms with Crippen LogP contribution in [-0.2, 0) is 11.4 Å². The molecule has 0 aromatic heterocycles. The van der Waals surface area contributed by atoms with E-state index in [2.05, 4.69) is 0 Å². The third-order valence-corrected chi connectivity index (χ3v) is 2.50. The topological polar surface area (TPSA) is 57.5 Å². The third-order valence-electron chi connectivity index (χ3n) is 2.50. The summed E-state index contributed by atoms with van der Waals surface area (Å²) in [4.78, 5) is 10.7. The van der Waals surface area contributed by atoms with E-state index in [1.54, 1.807) is 0 Å². The fourth-order valence-corrected chi connectivity index (χ4v) is 1.70. The third kappa shape index (κ3) is 2.94. The number of aliphatic hydroxyl groups excluding tert-OH is 1. The molecular formula is C13H16O3. The minimum Gasteiger partial charge on any atom is -0.478 e. The highest BCUT2D eigenvalue weighted by atomic mass is 16.4. The summed E-state index contributed by atoms with van der Waals surface area (Å²) in [6.45, 7) is 3.85. The smallest absolute Gasteiger partial charge is 0.328 e. The van der Waals surface area contributed by atoms with E-state index >= 15 is 0 Å². The molecule has 0 amide bonds. The average molecular weight is 220 g/mol. The van der Waals surface area contributed by atoms with Gasteiger partial charge in [-0.25, -0.2) is 4.79 Å². The zero-order valence-corrected chi connectivity index (χ0v) is 9.53. The predicted octanol–water partition coefficient (Wildman–Crippen LogP) is 2.37. The predicted molar refractivity (Wildman–Crippen MR) is 63.0 cm³/mol. The molecule has 3 nitrogen and oxygen atoms in total. The first kappa shape index (κ1) is 12.5. The fraction of sp³-hybridized carbons (Fsp3) is 0.308. The number of carboxylic acids is 1. The summed E-state index contributed by atoms with van der Waals surface area (Å²) >= 11 is 0. The van der Waals surface area contributed by atoms with E-state index in [0.717, 1.165) is 22.3 Å². The van der Waals surface area contributed by atoms with Crippen molar-refractivity contribution in [1.82, 2.24) is 0 Å². The Kier molecular flexibility index (Phi) is 4.26. The minimum atomic E-state index is -0.928. The molecule has 0 fully saturated rings. The Morgan fingerprint density at radius 1 is 1.44 bits per heavy atom. The molecule has 3 heteroatoms. The van der Waals surface area contributed by atoms with Gasteiger partial charge in [-0.2, -0.15) is 0 Å². The quantitative estimate of drug-likeness (QED) is 0.766. The van der Waals surface area contributed by atoms with Crippen LogP contribution in [0, 0.1) is 6.92 Å². The van der Waals surface area contributed by atoms with Gasteiger partial charge in [0, 0.05) is 6.08 Å². The van der Waals surface area contributed by atoms with E-state index in [1.165, 1.54) is 6.08 Å². The summed E-state index contributed by atoms with van der Waals surface area (Å²) in [5.74, 6) is -0.928. The van der Waals surface area contributed by atoms with Crippen LogP contribution in [0.3, 0.4) is 0 Å². The molecule has 0 aliphatic rings. The van der Waals surface area contributed by atoms with Gasteiger partial charge in [-0.3, -0.25) is 0 Å². The molecule has 0 unspecified atom stereocenters. The Hall–Kier alpha value is -1.61. The lowest BCUT2D eigenvalue weighted by Crippen LogP contribution is -1.95. The van der Waals surface area contributed by atoms with Gasteiger partial charge in [0.25, 0.3) is 0 Å². The molecular weight excluding hydrogens is 204 g/mol. The summed E-state index contributed by atoms with van der Waals surface area (Å²) in [7, 11) is 0. The van der Waals surface area contributed by atoms with Crippen LogP contribution in [0.4, 0.5) is 0 Å². The minimum absolute atomic E-state index is 0.00518. The normalized spacial score (nSPS) is 11.6. The number of allylic oxidation sites excluding steroid dienone is 1. The molecule has 0 atom stereocenters. The van der Waals surface area contributed by atoms with Crippen LogP contribution in [-0.4, -0.2) is 16.2 Å². The number of benzene rings is 1. The maximum atomic E-state index is 10.7. The Balaban J connectivity index is 3.16. The molecule has 86 valence electrons. The van der Waals surface area contributed by atoms with E-state index in [9.17, 15) is 4.79 Å². The Morgan fingerprint density at radius 3 is 2.56 bits per heavy atom. The van der Waals surface area contributed by atoms with Gasteiger partial charge < -0.3 is 10.2 Å². The van der Waals surface area contributed by atoms with Crippen LogP contribution in [0.15, 0.2) is 24.3 Å². The lowest BCUT2D eigenvalue weighted by Gasteiger charge is -2.09. The van der Waals surface area contributed by atoms with Gasteiger partial charge >= 0.3 is 5.97 Å². The molecule has 16 heavy (non-hydrogen) atoms. The number of carbonyl (C=O) groups is 1. The second-order valence-electron chi connectivity index (χ2n) is 3.67. The number of aliphatic carboxylic acids is 1. The van der Waals surface area contributed by atoms with Gasteiger partial charge in [-0.1, -0.05) is 25.1 Å². The summed E-state index contributed by atoms with van der Waals surface area (Å²) < 4.78 is 0. The summed E-state index contributed by atoms with van der Waals surface area (Å²) in [6, 6.07) is 5.55. The number of carboxylic acid groups (broad SMARTS) is 1. The van der Waals surface area contributed by atoms with E-state index < -0.39 is 5.97 Å². The van der Waals surface area contributed by atoms with Crippen molar-refractivity contribution in [2.24, 2.45) is 0 Å². The molecule has 0 saturated heterocycles. The lowest BCUT2D eigenvalue weighted by molar-refractivity contribution is -0.131. The van der Waals surface area contributed by atoms with Crippen molar-refractivity contribution < 1.29 is 15.0 Å². The van der Waals surface area contributed by atoms with Gasteiger partial charge in [-0.15, -0.1) is 0 Å². The Bertz CT molecular complexity index is 419. The zero-order chi connectivity index (χ0) is 12.1. The Labute approximate surface area is 95.0 Å². The summed E-state index contributed by atoms with van der Waals surface area (Å²) in [5.41, 5.74) is 3.56. The second kappa shape index (κ2) is 5.47. The molecule has 0 aliphatic heterocycles. The van der Waals surface area contributed by atoms with Crippen LogP contribution in [0.1, 0.15) is 30.0 Å². The van der Waals surface area contributed by atoms with Gasteiger partial charge in [0.15, 0.2) is 0 Å². The van der Waals surface area contributed by atoms with Crippen LogP contribution in [0.2, 0.25) is 0 Å². The molecule has 0 aliphatic carbocycles. The standard InChI is InChI=1S/C13H16O3/c1-3-11(7-13(15)16)12-5-4-10(8-14)6-9(12)2/h4-7,14H,3,8H2,1-2H3,(H,15,16)/b11-7+. The van der Waals surface area contributed by atoms with E-state index in [-0.39, 0.29) is 6.61 Å². The van der Waals surface area contributed by atoms with Gasteiger partial charge in [-0.05, 0) is 35.6 Å². The summed E-state index contributed by atoms with van der Waals surface area (Å²) in [5, 5.41) is 17.7. The van der Waals surface area contributed by atoms with Crippen molar-refractivity contribution in [3.8, 4) is 0 Å². The first-order valence-corrected chi connectivity index (χ1v) is 5.22. The largest absolute Gasteiger partial charge is 0.478 e. The lowest BCUT2D eigenvalue weighted by atomic mass is 9.96. The molecule has 0 radical (unpaired) electrons. The SMILES string of the molecule is CC/C(=C\C(=O)O)c1ccc(CO)cc1C. The highest BCUT2D eigenvalue weighted by molar-refractivity contribution is 5.90. The van der Waals surface area contributed by atoms with Crippen molar-refractivity contribution in [3.05, 3.63) is 41.0 Å². The van der Waals surface area contributed by atoms with E-state index in [4.69, 9.17) is 10.2 Å². The molecule has 1 aromatic rings. The average Bonchev–Trinajstić information content (AvgIpc) is 2.25. The van der Waals surface area contributed by atoms with Crippen molar-refractivity contribution in [2.45, 2.75) is 26.9 Å². The highest BCUT2D eigenvalue weighted by Crippen LogP contribution is 2.22. The number of rotatable bonds is 4. The highest BCUT2D eigenvalue weighted by Gasteiger charge is 2.06. The van der Waals surface area contributed by atoms with Crippen molar-refractivity contribution in [3.63, 3.8) is 0 Å². The van der Waals surface area contributed by atoms with Crippen molar-refractivity contribution in [2.75, 3.05) is 0 Å². The molecule has 0 bridgehead atoms. The molecule has 0 spiro atoms. The molecule has 1 rings (SSSR count). The van der Waals surface area contributed by atoms with Crippen LogP contribution in [0.25, 0.3) is 5.57 Å². The molecule has 0 saturated carbocycles. The molecule has 1 aromatic carbocycles. The second-order valence-corrected chi connectivity index (χ2v) is 3.67. The van der Waals surface area contributed by atoms with E-state index in [1.807, 2.05) is 32.0 Å². The number of aliphatic hydroxyl groups is 1. The van der Waals surface area contributed by atoms with Gasteiger partial charge in [0.2, 0.25) is 0 Å². The summed E-state index contributed by atoms with van der Waals surface area (Å²) in [6.07, 6.45) is 1.91. The number of hydrogen-bond donors (Lipinski definition) is 2. The van der Waals surface area contributed by atoms with Crippen LogP contribution < -0.4 is 0 Å². The molecule has 0 heterocycles. The zero-order valence-electron chi connectivity index (χ0n) is 9.53. The maximum absolute atomic E-state index is 10.7. The van der Waals surface area contributed by atoms with Gasteiger partial charge in [0.1, 0.15) is 0 Å². The first-order valence-electron chi connectivity index (χ1n) is 5.22.